The van der Waals surface area contributed by atoms with Crippen LogP contribution in [-0.4, -0.2) is 27.2 Å². The van der Waals surface area contributed by atoms with Crippen LogP contribution in [0.25, 0.3) is 11.1 Å². The van der Waals surface area contributed by atoms with Gasteiger partial charge in [0.05, 0.1) is 7.11 Å². The summed E-state index contributed by atoms with van der Waals surface area (Å²) in [5.41, 5.74) is 1.70. The number of thioether (sulfide) groups is 1. The molecule has 0 spiro atoms. The summed E-state index contributed by atoms with van der Waals surface area (Å²) in [4.78, 5) is 16.8. The molecule has 0 aliphatic heterocycles. The largest absolute Gasteiger partial charge is 0.497 e. The summed E-state index contributed by atoms with van der Waals surface area (Å²) in [6.07, 6.45) is 0. The summed E-state index contributed by atoms with van der Waals surface area (Å²) in [6, 6.07) is 13.9. The smallest absolute Gasteiger partial charge is 0.258 e. The minimum atomic E-state index is -1.77. The van der Waals surface area contributed by atoms with E-state index in [4.69, 9.17) is 44.0 Å². The number of hydrogen-bond donors (Lipinski definition) is 1. The van der Waals surface area contributed by atoms with Crippen LogP contribution in [0.5, 0.6) is 5.75 Å². The molecule has 0 saturated carbocycles. The number of halogens is 3. The van der Waals surface area contributed by atoms with Crippen molar-refractivity contribution in [1.82, 2.24) is 10.3 Å². The van der Waals surface area contributed by atoms with Crippen molar-refractivity contribution in [1.29, 1.82) is 0 Å². The summed E-state index contributed by atoms with van der Waals surface area (Å²) in [5, 5.41) is 2.07. The van der Waals surface area contributed by atoms with Gasteiger partial charge in [0.25, 0.3) is 11.1 Å². The maximum Gasteiger partial charge on any atom is 0.258 e. The Morgan fingerprint density at radius 1 is 1.19 bits per heavy atom. The lowest BCUT2D eigenvalue weighted by molar-refractivity contribution is 0.0950. The molecule has 3 rings (SSSR count). The van der Waals surface area contributed by atoms with E-state index in [9.17, 15) is 4.79 Å². The molecule has 0 aliphatic carbocycles. The van der Waals surface area contributed by atoms with E-state index < -0.39 is 15.1 Å². The highest BCUT2D eigenvalue weighted by Crippen LogP contribution is 2.39. The van der Waals surface area contributed by atoms with Gasteiger partial charge in [0.2, 0.25) is 3.79 Å². The Kier molecular flexibility index (Phi) is 5.87. The second kappa shape index (κ2) is 7.96. The third kappa shape index (κ3) is 4.57. The number of hydrogen-bond acceptors (Lipinski definition) is 5. The maximum atomic E-state index is 12.5. The minimum absolute atomic E-state index is 0.289. The topological polar surface area (TPSA) is 64.4 Å². The van der Waals surface area contributed by atoms with Crippen molar-refractivity contribution in [3.05, 3.63) is 54.1 Å². The molecule has 26 heavy (non-hydrogen) atoms. The zero-order valence-electron chi connectivity index (χ0n) is 13.4. The van der Waals surface area contributed by atoms with Crippen molar-refractivity contribution >= 4 is 63.6 Å². The number of aromatic nitrogens is 1. The van der Waals surface area contributed by atoms with Crippen LogP contribution in [-0.2, 0) is 0 Å². The number of benzene rings is 2. The van der Waals surface area contributed by atoms with Gasteiger partial charge in [-0.05, 0) is 48.2 Å². The van der Waals surface area contributed by atoms with Crippen LogP contribution in [0.3, 0.4) is 0 Å². The summed E-state index contributed by atoms with van der Waals surface area (Å²) in [5.74, 6) is 0.243. The van der Waals surface area contributed by atoms with Gasteiger partial charge < -0.3 is 14.5 Å². The molecule has 1 amide bonds. The van der Waals surface area contributed by atoms with Crippen molar-refractivity contribution in [2.45, 2.75) is 14.4 Å². The molecule has 1 N–H and O–H groups in total. The SMILES string of the molecule is COc1ccc(C(=O)N[C@@H](Sc2nc3ccccc3o2)C(Cl)(Cl)Cl)cc1. The summed E-state index contributed by atoms with van der Waals surface area (Å²) < 4.78 is 8.92. The average Bonchev–Trinajstić information content (AvgIpc) is 3.03. The fourth-order valence-electron chi connectivity index (χ4n) is 2.13. The van der Waals surface area contributed by atoms with Gasteiger partial charge in [0.1, 0.15) is 16.6 Å². The molecule has 0 bridgehead atoms. The number of fused-ring (bicyclic) bond motifs is 1. The first-order chi connectivity index (χ1) is 12.4. The van der Waals surface area contributed by atoms with Crippen molar-refractivity contribution in [2.24, 2.45) is 0 Å². The number of para-hydroxylation sites is 2. The number of rotatable bonds is 5. The highest BCUT2D eigenvalue weighted by molar-refractivity contribution is 8.00. The van der Waals surface area contributed by atoms with Crippen LogP contribution in [0.15, 0.2) is 58.2 Å². The number of alkyl halides is 3. The standard InChI is InChI=1S/C17H13Cl3N2O3S/c1-24-11-8-6-10(7-9-11)14(23)22-15(17(18,19)20)26-16-21-12-4-2-3-5-13(12)25-16/h2-9,15H,1H3,(H,22,23)/t15-/m0/s1. The Hall–Kier alpha value is -1.60. The molecule has 9 heteroatoms. The molecule has 0 unspecified atom stereocenters. The lowest BCUT2D eigenvalue weighted by atomic mass is 10.2. The van der Waals surface area contributed by atoms with Crippen LogP contribution >= 0.6 is 46.6 Å². The molecular formula is C17H13Cl3N2O3S. The van der Waals surface area contributed by atoms with Gasteiger partial charge in [-0.2, -0.15) is 0 Å². The normalized spacial score (nSPS) is 12.8. The van der Waals surface area contributed by atoms with E-state index >= 15 is 0 Å². The zero-order chi connectivity index (χ0) is 18.7. The van der Waals surface area contributed by atoms with E-state index in [0.717, 1.165) is 11.8 Å². The number of methoxy groups -OCH3 is 1. The third-order valence-corrected chi connectivity index (χ3v) is 5.53. The summed E-state index contributed by atoms with van der Waals surface area (Å²) in [7, 11) is 1.55. The van der Waals surface area contributed by atoms with Crippen molar-refractivity contribution in [2.75, 3.05) is 7.11 Å². The van der Waals surface area contributed by atoms with Crippen LogP contribution in [0.2, 0.25) is 0 Å². The van der Waals surface area contributed by atoms with E-state index in [0.29, 0.717) is 22.4 Å². The highest BCUT2D eigenvalue weighted by atomic mass is 35.6. The van der Waals surface area contributed by atoms with Gasteiger partial charge in [-0.25, -0.2) is 4.98 Å². The van der Waals surface area contributed by atoms with Gasteiger partial charge in [-0.1, -0.05) is 46.9 Å². The first-order valence-electron chi connectivity index (χ1n) is 7.40. The van der Waals surface area contributed by atoms with Gasteiger partial charge >= 0.3 is 0 Å². The predicted molar refractivity (Wildman–Crippen MR) is 104 cm³/mol. The third-order valence-electron chi connectivity index (χ3n) is 3.40. The Morgan fingerprint density at radius 2 is 1.88 bits per heavy atom. The zero-order valence-corrected chi connectivity index (χ0v) is 16.5. The molecule has 1 atom stereocenters. The Labute approximate surface area is 169 Å². The van der Waals surface area contributed by atoms with Crippen LogP contribution in [0.1, 0.15) is 10.4 Å². The fraction of sp³-hybridized carbons (Fsp3) is 0.176. The number of amides is 1. The monoisotopic (exact) mass is 430 g/mol. The summed E-state index contributed by atoms with van der Waals surface area (Å²) >= 11 is 19.1. The lowest BCUT2D eigenvalue weighted by Crippen LogP contribution is -2.41. The van der Waals surface area contributed by atoms with Crippen LogP contribution in [0, 0.1) is 0 Å². The highest BCUT2D eigenvalue weighted by Gasteiger charge is 2.36. The average molecular weight is 432 g/mol. The number of carbonyl (C=O) groups is 1. The molecule has 2 aromatic carbocycles. The van der Waals surface area contributed by atoms with E-state index in [1.54, 1.807) is 37.4 Å². The molecule has 136 valence electrons. The Morgan fingerprint density at radius 3 is 2.50 bits per heavy atom. The van der Waals surface area contributed by atoms with Crippen LogP contribution in [0.4, 0.5) is 0 Å². The Balaban J connectivity index is 1.78. The fourth-order valence-corrected chi connectivity index (χ4v) is 3.48. The second-order valence-corrected chi connectivity index (χ2v) is 8.61. The first-order valence-corrected chi connectivity index (χ1v) is 9.42. The molecule has 0 fully saturated rings. The number of nitrogens with zero attached hydrogens (tertiary/aromatic N) is 1. The van der Waals surface area contributed by atoms with Crippen LogP contribution < -0.4 is 10.1 Å². The molecular weight excluding hydrogens is 419 g/mol. The molecule has 0 aliphatic rings. The first kappa shape index (κ1) is 19.2. The molecule has 1 aromatic heterocycles. The van der Waals surface area contributed by atoms with Crippen molar-refractivity contribution < 1.29 is 13.9 Å². The van der Waals surface area contributed by atoms with Crippen molar-refractivity contribution in [3.8, 4) is 5.75 Å². The Bertz CT molecular complexity index is 877. The van der Waals surface area contributed by atoms with Gasteiger partial charge in [-0.3, -0.25) is 4.79 Å². The van der Waals surface area contributed by atoms with E-state index in [2.05, 4.69) is 10.3 Å². The molecule has 1 heterocycles. The quantitative estimate of drug-likeness (QED) is 0.348. The lowest BCUT2D eigenvalue weighted by Gasteiger charge is -2.23. The minimum Gasteiger partial charge on any atom is -0.497 e. The molecule has 5 nitrogen and oxygen atoms in total. The van der Waals surface area contributed by atoms with Crippen molar-refractivity contribution in [3.63, 3.8) is 0 Å². The van der Waals surface area contributed by atoms with Gasteiger partial charge in [-0.15, -0.1) is 0 Å². The number of oxazole rings is 1. The number of carbonyl (C=O) groups excluding carboxylic acids is 1. The van der Waals surface area contributed by atoms with E-state index in [1.165, 1.54) is 0 Å². The molecule has 0 radical (unpaired) electrons. The van der Waals surface area contributed by atoms with Gasteiger partial charge in [0, 0.05) is 5.56 Å². The van der Waals surface area contributed by atoms with E-state index in [-0.39, 0.29) is 5.22 Å². The maximum absolute atomic E-state index is 12.5. The van der Waals surface area contributed by atoms with Gasteiger partial charge in [0.15, 0.2) is 5.58 Å². The molecule has 3 aromatic rings. The molecule has 0 saturated heterocycles. The summed E-state index contributed by atoms with van der Waals surface area (Å²) in [6.45, 7) is 0. The predicted octanol–water partition coefficient (Wildman–Crippen LogP) is 5.05. The number of nitrogens with one attached hydrogen (secondary N) is 1. The number of ether oxygens (including phenoxy) is 1. The second-order valence-electron chi connectivity index (χ2n) is 5.19. The van der Waals surface area contributed by atoms with E-state index in [1.807, 2.05) is 18.2 Å².